The lowest BCUT2D eigenvalue weighted by atomic mass is 9.75. The number of hydrogen-bond donors (Lipinski definition) is 2. The highest BCUT2D eigenvalue weighted by molar-refractivity contribution is 6.28. The molecule has 0 aromatic carbocycles. The second-order valence-corrected chi connectivity index (χ2v) is 8.57. The van der Waals surface area contributed by atoms with Gasteiger partial charge in [-0.25, -0.2) is 9.78 Å². The molecule has 0 aliphatic carbocycles. The van der Waals surface area contributed by atoms with Crippen molar-refractivity contribution in [2.24, 2.45) is 11.3 Å². The van der Waals surface area contributed by atoms with E-state index in [1.165, 1.54) is 0 Å². The van der Waals surface area contributed by atoms with Crippen LogP contribution in [0.3, 0.4) is 0 Å². The van der Waals surface area contributed by atoms with Crippen LogP contribution in [0.5, 0.6) is 0 Å². The van der Waals surface area contributed by atoms with Crippen LogP contribution in [-0.4, -0.2) is 45.3 Å². The zero-order valence-corrected chi connectivity index (χ0v) is 17.1. The van der Waals surface area contributed by atoms with Crippen LogP contribution in [-0.2, 0) is 0 Å². The zero-order valence-electron chi connectivity index (χ0n) is 16.4. The first-order valence-corrected chi connectivity index (χ1v) is 9.81. The van der Waals surface area contributed by atoms with Gasteiger partial charge in [0.05, 0.1) is 0 Å². The number of piperidine rings is 1. The predicted molar refractivity (Wildman–Crippen MR) is 110 cm³/mol. The van der Waals surface area contributed by atoms with Gasteiger partial charge in [0.2, 0.25) is 5.28 Å². The Balaban J connectivity index is 1.80. The third-order valence-electron chi connectivity index (χ3n) is 5.25. The number of nitrogens with one attached hydrogen (secondary N) is 1. The molecule has 1 atom stereocenters. The van der Waals surface area contributed by atoms with Gasteiger partial charge in [0.25, 0.3) is 0 Å². The van der Waals surface area contributed by atoms with Crippen LogP contribution in [0.25, 0.3) is 11.1 Å². The number of amides is 1. The van der Waals surface area contributed by atoms with Crippen molar-refractivity contribution in [3.8, 4) is 11.1 Å². The SMILES string of the molecule is CC(C)(C)C(NC(=O)O)C1CCN(c2nc(Cl)ncc2-c2ccncc2)CC1. The van der Waals surface area contributed by atoms with Crippen molar-refractivity contribution >= 4 is 23.5 Å². The average Bonchev–Trinajstić information content (AvgIpc) is 2.66. The van der Waals surface area contributed by atoms with E-state index in [0.717, 1.165) is 42.9 Å². The Morgan fingerprint density at radius 2 is 1.93 bits per heavy atom. The summed E-state index contributed by atoms with van der Waals surface area (Å²) in [6, 6.07) is 3.76. The van der Waals surface area contributed by atoms with E-state index in [-0.39, 0.29) is 22.7 Å². The number of rotatable bonds is 4. The number of anilines is 1. The molecule has 1 aliphatic rings. The predicted octanol–water partition coefficient (Wildman–Crippen LogP) is 4.09. The third kappa shape index (κ3) is 4.70. The Labute approximate surface area is 170 Å². The van der Waals surface area contributed by atoms with Gasteiger partial charge in [-0.2, -0.15) is 4.98 Å². The van der Waals surface area contributed by atoms with Crippen LogP contribution in [0, 0.1) is 11.3 Å². The van der Waals surface area contributed by atoms with Crippen molar-refractivity contribution in [1.82, 2.24) is 20.3 Å². The first-order valence-electron chi connectivity index (χ1n) is 9.43. The smallest absolute Gasteiger partial charge is 0.404 e. The molecule has 0 bridgehead atoms. The summed E-state index contributed by atoms with van der Waals surface area (Å²) in [4.78, 5) is 26.2. The van der Waals surface area contributed by atoms with Gasteiger partial charge in [-0.1, -0.05) is 20.8 Å². The fourth-order valence-electron chi connectivity index (χ4n) is 3.95. The van der Waals surface area contributed by atoms with E-state index in [0.29, 0.717) is 0 Å². The van der Waals surface area contributed by atoms with Gasteiger partial charge in [-0.05, 0) is 53.5 Å². The molecular weight excluding hydrogens is 378 g/mol. The van der Waals surface area contributed by atoms with E-state index in [9.17, 15) is 9.90 Å². The van der Waals surface area contributed by atoms with Crippen molar-refractivity contribution < 1.29 is 9.90 Å². The summed E-state index contributed by atoms with van der Waals surface area (Å²) in [5.74, 6) is 1.08. The molecule has 0 saturated carbocycles. The molecule has 1 aliphatic heterocycles. The monoisotopic (exact) mass is 403 g/mol. The van der Waals surface area contributed by atoms with Gasteiger partial charge in [-0.15, -0.1) is 0 Å². The molecule has 1 amide bonds. The highest BCUT2D eigenvalue weighted by Crippen LogP contribution is 2.35. The van der Waals surface area contributed by atoms with Crippen LogP contribution in [0.2, 0.25) is 5.28 Å². The van der Waals surface area contributed by atoms with E-state index >= 15 is 0 Å². The van der Waals surface area contributed by atoms with Gasteiger partial charge >= 0.3 is 6.09 Å². The Hall–Kier alpha value is -2.41. The van der Waals surface area contributed by atoms with Crippen molar-refractivity contribution in [3.63, 3.8) is 0 Å². The second kappa shape index (κ2) is 8.31. The van der Waals surface area contributed by atoms with Gasteiger partial charge in [0.1, 0.15) is 5.82 Å². The third-order valence-corrected chi connectivity index (χ3v) is 5.44. The minimum Gasteiger partial charge on any atom is -0.465 e. The lowest BCUT2D eigenvalue weighted by Crippen LogP contribution is -2.51. The molecule has 3 heterocycles. The van der Waals surface area contributed by atoms with Gasteiger partial charge < -0.3 is 15.3 Å². The van der Waals surface area contributed by atoms with Gasteiger partial charge in [0.15, 0.2) is 0 Å². The molecule has 2 N–H and O–H groups in total. The number of hydrogen-bond acceptors (Lipinski definition) is 5. The average molecular weight is 404 g/mol. The number of aromatic nitrogens is 3. The molecule has 0 spiro atoms. The summed E-state index contributed by atoms with van der Waals surface area (Å²) in [5.41, 5.74) is 1.76. The maximum absolute atomic E-state index is 11.3. The van der Waals surface area contributed by atoms with E-state index in [1.807, 2.05) is 12.1 Å². The van der Waals surface area contributed by atoms with Crippen LogP contribution in [0.1, 0.15) is 33.6 Å². The summed E-state index contributed by atoms with van der Waals surface area (Å²) in [7, 11) is 0. The molecule has 0 radical (unpaired) electrons. The first-order chi connectivity index (χ1) is 13.3. The molecular formula is C20H26ClN5O2. The maximum atomic E-state index is 11.3. The summed E-state index contributed by atoms with van der Waals surface area (Å²) in [5, 5.41) is 12.2. The lowest BCUT2D eigenvalue weighted by Gasteiger charge is -2.42. The van der Waals surface area contributed by atoms with Crippen molar-refractivity contribution in [2.75, 3.05) is 18.0 Å². The molecule has 150 valence electrons. The highest BCUT2D eigenvalue weighted by Gasteiger charge is 2.36. The number of nitrogens with zero attached hydrogens (tertiary/aromatic N) is 4. The minimum absolute atomic E-state index is 0.0965. The molecule has 3 rings (SSSR count). The van der Waals surface area contributed by atoms with Gasteiger partial charge in [-0.3, -0.25) is 4.98 Å². The van der Waals surface area contributed by atoms with Crippen molar-refractivity contribution in [2.45, 2.75) is 39.7 Å². The fraction of sp³-hybridized carbons (Fsp3) is 0.500. The number of carbonyl (C=O) groups is 1. The Morgan fingerprint density at radius 1 is 1.29 bits per heavy atom. The van der Waals surface area contributed by atoms with E-state index in [1.54, 1.807) is 18.6 Å². The fourth-order valence-corrected chi connectivity index (χ4v) is 4.08. The largest absolute Gasteiger partial charge is 0.465 e. The van der Waals surface area contributed by atoms with Crippen LogP contribution in [0.4, 0.5) is 10.6 Å². The quantitative estimate of drug-likeness (QED) is 0.747. The highest BCUT2D eigenvalue weighted by atomic mass is 35.5. The normalized spacial score (nSPS) is 16.6. The topological polar surface area (TPSA) is 91.2 Å². The molecule has 1 fully saturated rings. The Morgan fingerprint density at radius 3 is 2.50 bits per heavy atom. The lowest BCUT2D eigenvalue weighted by molar-refractivity contribution is 0.142. The summed E-state index contributed by atoms with van der Waals surface area (Å²) >= 11 is 6.08. The van der Waals surface area contributed by atoms with E-state index in [4.69, 9.17) is 11.6 Å². The zero-order chi connectivity index (χ0) is 20.3. The molecule has 2 aromatic rings. The Bertz CT molecular complexity index is 817. The molecule has 7 nitrogen and oxygen atoms in total. The van der Waals surface area contributed by atoms with Crippen molar-refractivity contribution in [1.29, 1.82) is 0 Å². The molecule has 28 heavy (non-hydrogen) atoms. The molecule has 1 unspecified atom stereocenters. The van der Waals surface area contributed by atoms with Crippen LogP contribution < -0.4 is 10.2 Å². The first kappa shape index (κ1) is 20.3. The Kier molecular flexibility index (Phi) is 6.03. The van der Waals surface area contributed by atoms with Gasteiger partial charge in [0, 0.05) is 43.3 Å². The van der Waals surface area contributed by atoms with Crippen LogP contribution >= 0.6 is 11.6 Å². The van der Waals surface area contributed by atoms with E-state index < -0.39 is 6.09 Å². The number of pyridine rings is 1. The number of carboxylic acid groups (broad SMARTS) is 1. The minimum atomic E-state index is -0.968. The standard InChI is InChI=1S/C20H26ClN5O2/c1-20(2,3)16(24-19(27)28)14-6-10-26(11-7-14)17-15(12-23-18(21)25-17)13-4-8-22-9-5-13/h4-5,8-9,12,14,16,24H,6-7,10-11H2,1-3H3,(H,27,28). The summed E-state index contributed by atoms with van der Waals surface area (Å²) in [6.07, 6.45) is 6.01. The van der Waals surface area contributed by atoms with Crippen molar-refractivity contribution in [3.05, 3.63) is 36.0 Å². The van der Waals surface area contributed by atoms with Crippen LogP contribution in [0.15, 0.2) is 30.7 Å². The summed E-state index contributed by atoms with van der Waals surface area (Å²) in [6.45, 7) is 7.79. The molecule has 8 heteroatoms. The van der Waals surface area contributed by atoms with E-state index in [2.05, 4.69) is 45.9 Å². The molecule has 1 saturated heterocycles. The maximum Gasteiger partial charge on any atom is 0.404 e. The number of halogens is 1. The second-order valence-electron chi connectivity index (χ2n) is 8.23. The molecule has 2 aromatic heterocycles. The summed E-state index contributed by atoms with van der Waals surface area (Å²) < 4.78 is 0.